The molecule has 0 saturated heterocycles. The number of benzene rings is 1. The lowest BCUT2D eigenvalue weighted by Gasteiger charge is -2.25. The number of rotatable bonds is 15. The third-order valence-corrected chi connectivity index (χ3v) is 6.40. The molecule has 1 heterocycles. The average Bonchev–Trinajstić information content (AvgIpc) is 3.26. The average molecular weight is 552 g/mol. The monoisotopic (exact) mass is 551 g/mol. The number of H-pyrrole nitrogens is 1. The van der Waals surface area contributed by atoms with Gasteiger partial charge in [-0.2, -0.15) is 11.8 Å². The van der Waals surface area contributed by atoms with E-state index < -0.39 is 66.4 Å². The van der Waals surface area contributed by atoms with Crippen molar-refractivity contribution in [3.05, 3.63) is 36.0 Å². The van der Waals surface area contributed by atoms with Gasteiger partial charge in [0.1, 0.15) is 12.1 Å². The highest BCUT2D eigenvalue weighted by molar-refractivity contribution is 7.98. The van der Waals surface area contributed by atoms with Crippen molar-refractivity contribution < 1.29 is 39.3 Å². The number of carboxylic acids is 2. The van der Waals surface area contributed by atoms with Crippen molar-refractivity contribution in [2.45, 2.75) is 56.5 Å². The van der Waals surface area contributed by atoms with E-state index in [1.54, 1.807) is 30.5 Å². The van der Waals surface area contributed by atoms with Crippen molar-refractivity contribution in [3.63, 3.8) is 0 Å². The Balaban J connectivity index is 2.31. The first-order chi connectivity index (χ1) is 17.9. The SMILES string of the molecule is CSCCC(N)C(=O)NC(CC(=O)O)C(=O)NC(Cc1c[nH]c2ccccc12)C(=O)NC(C(=O)O)C(C)O. The Morgan fingerprint density at radius 1 is 1.00 bits per heavy atom. The number of aliphatic hydroxyl groups excluding tert-OH is 1. The van der Waals surface area contributed by atoms with Crippen LogP contribution in [0.25, 0.3) is 10.9 Å². The number of aliphatic carboxylic acids is 2. The van der Waals surface area contributed by atoms with E-state index in [4.69, 9.17) is 5.73 Å². The second kappa shape index (κ2) is 14.4. The Morgan fingerprint density at radius 2 is 1.63 bits per heavy atom. The van der Waals surface area contributed by atoms with Gasteiger partial charge in [0.25, 0.3) is 0 Å². The van der Waals surface area contributed by atoms with Gasteiger partial charge in [-0.3, -0.25) is 19.2 Å². The molecule has 0 aliphatic rings. The molecule has 5 atom stereocenters. The Kier molecular flexibility index (Phi) is 11.6. The highest BCUT2D eigenvalue weighted by atomic mass is 32.2. The van der Waals surface area contributed by atoms with Crippen molar-refractivity contribution >= 4 is 52.3 Å². The van der Waals surface area contributed by atoms with Crippen LogP contribution in [-0.4, -0.2) is 92.2 Å². The summed E-state index contributed by atoms with van der Waals surface area (Å²) in [6.07, 6.45) is 1.44. The van der Waals surface area contributed by atoms with Crippen LogP contribution < -0.4 is 21.7 Å². The lowest BCUT2D eigenvalue weighted by molar-refractivity contribution is -0.145. The van der Waals surface area contributed by atoms with E-state index >= 15 is 0 Å². The summed E-state index contributed by atoms with van der Waals surface area (Å²) < 4.78 is 0. The number of thioether (sulfide) groups is 1. The summed E-state index contributed by atoms with van der Waals surface area (Å²) in [6.45, 7) is 1.19. The van der Waals surface area contributed by atoms with E-state index in [1.807, 2.05) is 6.26 Å². The van der Waals surface area contributed by atoms with Crippen LogP contribution in [-0.2, 0) is 30.4 Å². The van der Waals surface area contributed by atoms with Gasteiger partial charge in [-0.15, -0.1) is 0 Å². The second-order valence-corrected chi connectivity index (χ2v) is 9.72. The van der Waals surface area contributed by atoms with E-state index in [1.165, 1.54) is 18.7 Å². The van der Waals surface area contributed by atoms with Crippen LogP contribution in [0.2, 0.25) is 0 Å². The maximum absolute atomic E-state index is 13.1. The molecule has 1 aromatic carbocycles. The normalized spacial score (nSPS) is 15.1. The van der Waals surface area contributed by atoms with Gasteiger partial charge in [0.05, 0.1) is 18.6 Å². The fourth-order valence-corrected chi connectivity index (χ4v) is 4.17. The lowest BCUT2D eigenvalue weighted by atomic mass is 10.0. The number of nitrogens with one attached hydrogen (secondary N) is 4. The number of aromatic amines is 1. The third kappa shape index (κ3) is 8.75. The van der Waals surface area contributed by atoms with E-state index in [0.29, 0.717) is 17.7 Å². The Labute approximate surface area is 222 Å². The molecule has 9 N–H and O–H groups in total. The Bertz CT molecular complexity index is 1150. The smallest absolute Gasteiger partial charge is 0.328 e. The number of fused-ring (bicyclic) bond motifs is 1. The summed E-state index contributed by atoms with van der Waals surface area (Å²) in [5.41, 5.74) is 7.21. The molecule has 0 spiro atoms. The van der Waals surface area contributed by atoms with Crippen LogP contribution in [0.1, 0.15) is 25.3 Å². The molecule has 5 unspecified atom stereocenters. The minimum Gasteiger partial charge on any atom is -0.481 e. The van der Waals surface area contributed by atoms with Gasteiger partial charge in [-0.05, 0) is 37.0 Å². The topological polar surface area (TPSA) is 224 Å². The lowest BCUT2D eigenvalue weighted by Crippen LogP contribution is -2.59. The summed E-state index contributed by atoms with van der Waals surface area (Å²) in [7, 11) is 0. The van der Waals surface area contributed by atoms with Gasteiger partial charge in [-0.25, -0.2) is 4.79 Å². The predicted octanol–water partition coefficient (Wildman–Crippen LogP) is -0.815. The van der Waals surface area contributed by atoms with Gasteiger partial charge in [0, 0.05) is 23.5 Å². The Hall–Kier alpha value is -3.62. The molecule has 0 radical (unpaired) electrons. The van der Waals surface area contributed by atoms with Crippen LogP contribution in [0.5, 0.6) is 0 Å². The minimum absolute atomic E-state index is 0.102. The van der Waals surface area contributed by atoms with Gasteiger partial charge in [-0.1, -0.05) is 18.2 Å². The maximum atomic E-state index is 13.1. The van der Waals surface area contributed by atoms with Crippen LogP contribution in [0.4, 0.5) is 0 Å². The molecule has 0 fully saturated rings. The number of amides is 3. The molecule has 0 bridgehead atoms. The van der Waals surface area contributed by atoms with Gasteiger partial charge < -0.3 is 42.0 Å². The van der Waals surface area contributed by atoms with E-state index in [-0.39, 0.29) is 6.42 Å². The van der Waals surface area contributed by atoms with Crippen molar-refractivity contribution in [1.82, 2.24) is 20.9 Å². The quantitative estimate of drug-likeness (QED) is 0.137. The van der Waals surface area contributed by atoms with Crippen molar-refractivity contribution in [3.8, 4) is 0 Å². The number of para-hydroxylation sites is 1. The summed E-state index contributed by atoms with van der Waals surface area (Å²) in [5, 5.41) is 36.2. The highest BCUT2D eigenvalue weighted by Gasteiger charge is 2.33. The molecule has 13 nitrogen and oxygen atoms in total. The highest BCUT2D eigenvalue weighted by Crippen LogP contribution is 2.19. The fraction of sp³-hybridized carbons (Fsp3) is 0.458. The molecular weight excluding hydrogens is 518 g/mol. The summed E-state index contributed by atoms with van der Waals surface area (Å²) in [6, 6.07) is 1.62. The first kappa shape index (κ1) is 30.6. The summed E-state index contributed by atoms with van der Waals surface area (Å²) in [5.74, 6) is -4.90. The van der Waals surface area contributed by atoms with Crippen LogP contribution >= 0.6 is 11.8 Å². The third-order valence-electron chi connectivity index (χ3n) is 5.76. The fourth-order valence-electron chi connectivity index (χ4n) is 3.68. The molecule has 0 aliphatic carbocycles. The molecule has 2 rings (SSSR count). The minimum atomic E-state index is -1.66. The van der Waals surface area contributed by atoms with Gasteiger partial charge in [0.2, 0.25) is 17.7 Å². The van der Waals surface area contributed by atoms with Gasteiger partial charge >= 0.3 is 11.9 Å². The van der Waals surface area contributed by atoms with Crippen molar-refractivity contribution in [1.29, 1.82) is 0 Å². The first-order valence-corrected chi connectivity index (χ1v) is 13.2. The molecule has 1 aromatic heterocycles. The molecule has 2 aromatic rings. The number of hydrogen-bond donors (Lipinski definition) is 8. The van der Waals surface area contributed by atoms with Crippen molar-refractivity contribution in [2.24, 2.45) is 5.73 Å². The largest absolute Gasteiger partial charge is 0.481 e. The number of carbonyl (C=O) groups is 5. The number of nitrogens with two attached hydrogens (primary N) is 1. The van der Waals surface area contributed by atoms with Crippen LogP contribution in [0.15, 0.2) is 30.5 Å². The number of aliphatic hydroxyl groups is 1. The second-order valence-electron chi connectivity index (χ2n) is 8.74. The maximum Gasteiger partial charge on any atom is 0.328 e. The molecular formula is C24H33N5O8S. The van der Waals surface area contributed by atoms with E-state index in [2.05, 4.69) is 20.9 Å². The molecule has 3 amide bonds. The first-order valence-electron chi connectivity index (χ1n) is 11.8. The summed E-state index contributed by atoms with van der Waals surface area (Å²) in [4.78, 5) is 64.7. The number of carboxylic acid groups (broad SMARTS) is 2. The van der Waals surface area contributed by atoms with Gasteiger partial charge in [0.15, 0.2) is 6.04 Å². The Morgan fingerprint density at radius 3 is 2.24 bits per heavy atom. The van der Waals surface area contributed by atoms with E-state index in [9.17, 15) is 39.3 Å². The molecule has 0 saturated carbocycles. The zero-order valence-corrected chi connectivity index (χ0v) is 21.8. The van der Waals surface area contributed by atoms with Crippen LogP contribution in [0, 0.1) is 0 Å². The molecule has 14 heteroatoms. The molecule has 38 heavy (non-hydrogen) atoms. The standard InChI is InChI=1S/C24H33N5O8S/c1-12(30)20(24(36)37)29-23(35)17(9-13-11-26-16-6-4-3-5-14(13)16)28-22(34)18(10-19(31)32)27-21(33)15(25)7-8-38-2/h3-6,11-12,15,17-18,20,26,30H,7-10,25H2,1-2H3,(H,27,33)(H,28,34)(H,29,35)(H,31,32)(H,36,37). The predicted molar refractivity (Wildman–Crippen MR) is 140 cm³/mol. The molecule has 0 aliphatic heterocycles. The number of hydrogen-bond acceptors (Lipinski definition) is 8. The summed E-state index contributed by atoms with van der Waals surface area (Å²) >= 11 is 1.47. The zero-order valence-electron chi connectivity index (χ0n) is 21.0. The van der Waals surface area contributed by atoms with E-state index in [0.717, 1.165) is 10.9 Å². The number of carbonyl (C=O) groups excluding carboxylic acids is 3. The number of aromatic nitrogens is 1. The van der Waals surface area contributed by atoms with Crippen molar-refractivity contribution in [2.75, 3.05) is 12.0 Å². The molecule has 208 valence electrons. The van der Waals surface area contributed by atoms with Crippen LogP contribution in [0.3, 0.4) is 0 Å². The zero-order chi connectivity index (χ0) is 28.4.